The van der Waals surface area contributed by atoms with E-state index in [0.29, 0.717) is 22.6 Å². The van der Waals surface area contributed by atoms with Gasteiger partial charge in [-0.2, -0.15) is 19.8 Å². The van der Waals surface area contributed by atoms with E-state index in [4.69, 9.17) is 20.4 Å². The number of aromatic nitrogens is 1. The standard InChI is InChI=1S/C13H9N3O2S2.CH4O3S/c14-11(15)12-16-9-2-1-8(5-10(9)20-12)18-13(17)7-3-4-19-6-7;1-5(2,3)4/h1-6H,(H3,14,15);1H3,(H,2,3,4). The third-order valence-electron chi connectivity index (χ3n) is 2.56. The highest BCUT2D eigenvalue weighted by atomic mass is 32.2. The first-order chi connectivity index (χ1) is 11.6. The number of carbonyl (C=O) groups excluding carboxylic acids is 1. The number of ether oxygens (including phenoxy) is 1. The number of nitrogens with zero attached hydrogens (tertiary/aromatic N) is 1. The van der Waals surface area contributed by atoms with Crippen molar-refractivity contribution in [2.45, 2.75) is 0 Å². The van der Waals surface area contributed by atoms with Gasteiger partial charge in [0.2, 0.25) is 0 Å². The normalized spacial score (nSPS) is 10.8. The molecule has 0 spiro atoms. The largest absolute Gasteiger partial charge is 0.423 e. The number of nitrogens with two attached hydrogens (primary N) is 1. The van der Waals surface area contributed by atoms with Gasteiger partial charge in [0.25, 0.3) is 10.1 Å². The Balaban J connectivity index is 0.000000399. The van der Waals surface area contributed by atoms with Crippen LogP contribution in [0.2, 0.25) is 0 Å². The molecule has 0 unspecified atom stereocenters. The van der Waals surface area contributed by atoms with Gasteiger partial charge in [-0.15, -0.1) is 11.3 Å². The zero-order valence-corrected chi connectivity index (χ0v) is 15.2. The second kappa shape index (κ2) is 7.70. The Hall–Kier alpha value is -2.34. The zero-order valence-electron chi connectivity index (χ0n) is 12.8. The number of carbonyl (C=O) groups is 1. The van der Waals surface area contributed by atoms with Crippen LogP contribution in [0.25, 0.3) is 10.2 Å². The Morgan fingerprint density at radius 2 is 2.04 bits per heavy atom. The summed E-state index contributed by atoms with van der Waals surface area (Å²) in [6.07, 6.45) is 0.715. The smallest absolute Gasteiger partial charge is 0.344 e. The number of nitrogens with one attached hydrogen (secondary N) is 1. The Labute approximate surface area is 151 Å². The van der Waals surface area contributed by atoms with E-state index in [1.807, 2.05) is 5.38 Å². The molecular formula is C14H13N3O5S3. The van der Waals surface area contributed by atoms with Crippen LogP contribution in [0.4, 0.5) is 0 Å². The molecule has 25 heavy (non-hydrogen) atoms. The van der Waals surface area contributed by atoms with Gasteiger partial charge in [-0.05, 0) is 23.6 Å². The topological polar surface area (TPSA) is 143 Å². The van der Waals surface area contributed by atoms with Crippen molar-refractivity contribution < 1.29 is 22.5 Å². The van der Waals surface area contributed by atoms with Gasteiger partial charge in [-0.25, -0.2) is 9.78 Å². The van der Waals surface area contributed by atoms with Gasteiger partial charge >= 0.3 is 5.97 Å². The molecule has 1 aromatic carbocycles. The van der Waals surface area contributed by atoms with Crippen LogP contribution in [0, 0.1) is 5.41 Å². The number of amidine groups is 1. The predicted octanol–water partition coefficient (Wildman–Crippen LogP) is 2.37. The summed E-state index contributed by atoms with van der Waals surface area (Å²) < 4.78 is 32.0. The Morgan fingerprint density at radius 1 is 1.36 bits per heavy atom. The summed E-state index contributed by atoms with van der Waals surface area (Å²) >= 11 is 2.74. The zero-order chi connectivity index (χ0) is 18.6. The van der Waals surface area contributed by atoms with E-state index in [9.17, 15) is 13.2 Å². The molecule has 4 N–H and O–H groups in total. The first-order valence-corrected chi connectivity index (χ1v) is 10.2. The van der Waals surface area contributed by atoms with Gasteiger partial charge in [0.15, 0.2) is 10.8 Å². The maximum absolute atomic E-state index is 11.8. The number of thiophene rings is 1. The molecule has 8 nitrogen and oxygen atoms in total. The molecule has 0 aliphatic carbocycles. The number of hydrogen-bond donors (Lipinski definition) is 3. The van der Waals surface area contributed by atoms with Gasteiger partial charge in [0.05, 0.1) is 22.0 Å². The van der Waals surface area contributed by atoms with Gasteiger partial charge in [0.1, 0.15) is 5.75 Å². The summed E-state index contributed by atoms with van der Waals surface area (Å²) in [7, 11) is -3.67. The maximum Gasteiger partial charge on any atom is 0.344 e. The van der Waals surface area contributed by atoms with E-state index in [1.54, 1.807) is 29.6 Å². The van der Waals surface area contributed by atoms with Crippen LogP contribution in [0.5, 0.6) is 5.75 Å². The third kappa shape index (κ3) is 5.90. The summed E-state index contributed by atoms with van der Waals surface area (Å²) in [5.41, 5.74) is 6.67. The lowest BCUT2D eigenvalue weighted by molar-refractivity contribution is 0.0735. The van der Waals surface area contributed by atoms with E-state index in [1.165, 1.54) is 22.7 Å². The molecule has 0 radical (unpaired) electrons. The molecule has 0 aliphatic heterocycles. The highest BCUT2D eigenvalue weighted by Crippen LogP contribution is 2.26. The Bertz CT molecular complexity index is 1000. The SMILES string of the molecule is CS(=O)(=O)O.N=C(N)c1nc2ccc(OC(=O)c3ccsc3)cc2s1. The fourth-order valence-corrected chi connectivity index (χ4v) is 3.11. The summed E-state index contributed by atoms with van der Waals surface area (Å²) in [6, 6.07) is 6.86. The molecule has 2 aromatic heterocycles. The van der Waals surface area contributed by atoms with Crippen molar-refractivity contribution in [3.8, 4) is 5.75 Å². The molecule has 0 fully saturated rings. The summed E-state index contributed by atoms with van der Waals surface area (Å²) in [6.45, 7) is 0. The van der Waals surface area contributed by atoms with Crippen molar-refractivity contribution in [1.82, 2.24) is 4.98 Å². The van der Waals surface area contributed by atoms with E-state index < -0.39 is 10.1 Å². The Kier molecular flexibility index (Phi) is 5.85. The number of fused-ring (bicyclic) bond motifs is 1. The van der Waals surface area contributed by atoms with Gasteiger partial charge < -0.3 is 10.5 Å². The summed E-state index contributed by atoms with van der Waals surface area (Å²) in [4.78, 5) is 16.1. The molecule has 0 aliphatic rings. The Morgan fingerprint density at radius 3 is 2.60 bits per heavy atom. The average Bonchev–Trinajstić information content (AvgIpc) is 3.14. The molecule has 2 heterocycles. The summed E-state index contributed by atoms with van der Waals surface area (Å²) in [5, 5.41) is 11.4. The fraction of sp³-hybridized carbons (Fsp3) is 0.0714. The number of nitrogen functional groups attached to an aromatic ring is 1. The quantitative estimate of drug-likeness (QED) is 0.202. The molecule has 0 atom stereocenters. The molecule has 0 bridgehead atoms. The van der Waals surface area contributed by atoms with Crippen molar-refractivity contribution in [3.05, 3.63) is 45.6 Å². The van der Waals surface area contributed by atoms with Gasteiger partial charge in [-0.3, -0.25) is 9.96 Å². The van der Waals surface area contributed by atoms with Crippen molar-refractivity contribution in [2.75, 3.05) is 6.26 Å². The van der Waals surface area contributed by atoms with Gasteiger partial charge in [-0.1, -0.05) is 0 Å². The number of rotatable bonds is 3. The second-order valence-electron chi connectivity index (χ2n) is 4.70. The monoisotopic (exact) mass is 399 g/mol. The van der Waals surface area contributed by atoms with Crippen molar-refractivity contribution in [2.24, 2.45) is 5.73 Å². The van der Waals surface area contributed by atoms with Crippen LogP contribution >= 0.6 is 22.7 Å². The molecule has 11 heteroatoms. The number of hydrogen-bond acceptors (Lipinski definition) is 8. The predicted molar refractivity (Wildman–Crippen MR) is 97.4 cm³/mol. The van der Waals surface area contributed by atoms with Crippen molar-refractivity contribution >= 4 is 54.8 Å². The number of thiazole rings is 1. The van der Waals surface area contributed by atoms with Crippen LogP contribution in [0.1, 0.15) is 15.4 Å². The fourth-order valence-electron chi connectivity index (χ4n) is 1.63. The number of benzene rings is 1. The molecule has 0 saturated heterocycles. The molecule has 3 aromatic rings. The molecule has 0 saturated carbocycles. The minimum absolute atomic E-state index is 0.0667. The van der Waals surface area contributed by atoms with E-state index >= 15 is 0 Å². The lowest BCUT2D eigenvalue weighted by Crippen LogP contribution is -2.09. The van der Waals surface area contributed by atoms with Crippen LogP contribution < -0.4 is 10.5 Å². The van der Waals surface area contributed by atoms with Crippen molar-refractivity contribution in [1.29, 1.82) is 5.41 Å². The summed E-state index contributed by atoms with van der Waals surface area (Å²) in [5.74, 6) is -0.00243. The third-order valence-corrected chi connectivity index (χ3v) is 4.29. The van der Waals surface area contributed by atoms with Crippen LogP contribution in [-0.4, -0.2) is 36.0 Å². The minimum atomic E-state index is -3.67. The molecule has 0 amide bonds. The highest BCUT2D eigenvalue weighted by molar-refractivity contribution is 7.85. The lowest BCUT2D eigenvalue weighted by atomic mass is 10.3. The van der Waals surface area contributed by atoms with Crippen LogP contribution in [0.3, 0.4) is 0 Å². The second-order valence-corrected chi connectivity index (χ2v) is 7.97. The lowest BCUT2D eigenvalue weighted by Gasteiger charge is -2.02. The van der Waals surface area contributed by atoms with Crippen LogP contribution in [0.15, 0.2) is 35.0 Å². The average molecular weight is 399 g/mol. The minimum Gasteiger partial charge on any atom is -0.423 e. The number of esters is 1. The maximum atomic E-state index is 11.8. The van der Waals surface area contributed by atoms with Crippen molar-refractivity contribution in [3.63, 3.8) is 0 Å². The molecule has 3 rings (SSSR count). The first kappa shape index (κ1) is 19.0. The molecule has 132 valence electrons. The van der Waals surface area contributed by atoms with E-state index in [0.717, 1.165) is 10.2 Å². The highest BCUT2D eigenvalue weighted by Gasteiger charge is 2.11. The van der Waals surface area contributed by atoms with Crippen LogP contribution in [-0.2, 0) is 10.1 Å². The first-order valence-electron chi connectivity index (χ1n) is 6.55. The molecular weight excluding hydrogens is 386 g/mol. The van der Waals surface area contributed by atoms with E-state index in [-0.39, 0.29) is 11.8 Å². The van der Waals surface area contributed by atoms with Gasteiger partial charge in [0, 0.05) is 11.4 Å². The van der Waals surface area contributed by atoms with E-state index in [2.05, 4.69) is 4.98 Å².